The standard InChI is InChI=1S/C10H12N4/c1-10(3-4-10)7-12-9-8(6-11)2-5-13-14-9/h2,5H,3-4,7H2,1H3,(H,12,14). The molecule has 1 aromatic rings. The molecule has 1 aliphatic rings. The normalized spacial score (nSPS) is 17.1. The van der Waals surface area contributed by atoms with Crippen LogP contribution in [0, 0.1) is 16.7 Å². The van der Waals surface area contributed by atoms with Gasteiger partial charge in [-0.15, -0.1) is 5.10 Å². The average Bonchev–Trinajstić information content (AvgIpc) is 2.95. The van der Waals surface area contributed by atoms with E-state index in [1.54, 1.807) is 6.07 Å². The fraction of sp³-hybridized carbons (Fsp3) is 0.500. The molecule has 0 atom stereocenters. The molecule has 2 rings (SSSR count). The van der Waals surface area contributed by atoms with Crippen molar-refractivity contribution in [3.05, 3.63) is 17.8 Å². The van der Waals surface area contributed by atoms with Gasteiger partial charge in [-0.3, -0.25) is 0 Å². The van der Waals surface area contributed by atoms with Gasteiger partial charge >= 0.3 is 0 Å². The van der Waals surface area contributed by atoms with Crippen molar-refractivity contribution in [3.8, 4) is 6.07 Å². The van der Waals surface area contributed by atoms with Gasteiger partial charge in [0.05, 0.1) is 11.8 Å². The Labute approximate surface area is 83.0 Å². The molecule has 0 unspecified atom stereocenters. The highest BCUT2D eigenvalue weighted by Crippen LogP contribution is 2.44. The molecule has 14 heavy (non-hydrogen) atoms. The monoisotopic (exact) mass is 188 g/mol. The van der Waals surface area contributed by atoms with Gasteiger partial charge in [0.1, 0.15) is 6.07 Å². The highest BCUT2D eigenvalue weighted by molar-refractivity contribution is 5.50. The van der Waals surface area contributed by atoms with E-state index in [1.807, 2.05) is 0 Å². The van der Waals surface area contributed by atoms with Gasteiger partial charge < -0.3 is 5.32 Å². The number of rotatable bonds is 3. The molecule has 0 radical (unpaired) electrons. The fourth-order valence-electron chi connectivity index (χ4n) is 1.24. The van der Waals surface area contributed by atoms with Gasteiger partial charge in [-0.05, 0) is 24.3 Å². The van der Waals surface area contributed by atoms with E-state index in [4.69, 9.17) is 5.26 Å². The molecule has 0 aliphatic heterocycles. The van der Waals surface area contributed by atoms with Gasteiger partial charge in [0, 0.05) is 6.54 Å². The van der Waals surface area contributed by atoms with Crippen molar-refractivity contribution >= 4 is 5.82 Å². The molecule has 0 spiro atoms. The van der Waals surface area contributed by atoms with Crippen LogP contribution in [0.1, 0.15) is 25.3 Å². The van der Waals surface area contributed by atoms with Crippen molar-refractivity contribution in [2.45, 2.75) is 19.8 Å². The van der Waals surface area contributed by atoms with Gasteiger partial charge in [-0.25, -0.2) is 0 Å². The third kappa shape index (κ3) is 1.82. The number of nitriles is 1. The summed E-state index contributed by atoms with van der Waals surface area (Å²) in [6.45, 7) is 3.10. The fourth-order valence-corrected chi connectivity index (χ4v) is 1.24. The lowest BCUT2D eigenvalue weighted by Gasteiger charge is -2.10. The summed E-state index contributed by atoms with van der Waals surface area (Å²) in [5.41, 5.74) is 0.966. The molecule has 0 amide bonds. The van der Waals surface area contributed by atoms with Crippen LogP contribution < -0.4 is 5.32 Å². The van der Waals surface area contributed by atoms with E-state index >= 15 is 0 Å². The van der Waals surface area contributed by atoms with Gasteiger partial charge in [0.2, 0.25) is 0 Å². The zero-order chi connectivity index (χ0) is 10.0. The first-order valence-corrected chi connectivity index (χ1v) is 4.69. The lowest BCUT2D eigenvalue weighted by molar-refractivity contribution is 0.608. The molecule has 0 bridgehead atoms. The Bertz CT molecular complexity index is 376. The maximum atomic E-state index is 8.81. The molecule has 4 nitrogen and oxygen atoms in total. The average molecular weight is 188 g/mol. The first-order chi connectivity index (χ1) is 6.73. The maximum absolute atomic E-state index is 8.81. The molecule has 1 saturated carbocycles. The van der Waals surface area contributed by atoms with E-state index < -0.39 is 0 Å². The first kappa shape index (κ1) is 8.95. The molecular formula is C10H12N4. The second-order valence-corrected chi connectivity index (χ2v) is 4.07. The van der Waals surface area contributed by atoms with Crippen LogP contribution >= 0.6 is 0 Å². The molecule has 1 aliphatic carbocycles. The largest absolute Gasteiger partial charge is 0.367 e. The Balaban J connectivity index is 2.05. The number of nitrogens with one attached hydrogen (secondary N) is 1. The van der Waals surface area contributed by atoms with Gasteiger partial charge in [0.25, 0.3) is 0 Å². The molecule has 1 N–H and O–H groups in total. The lowest BCUT2D eigenvalue weighted by atomic mass is 10.1. The predicted molar refractivity (Wildman–Crippen MR) is 52.6 cm³/mol. The summed E-state index contributed by atoms with van der Waals surface area (Å²) in [6, 6.07) is 3.76. The maximum Gasteiger partial charge on any atom is 0.166 e. The quantitative estimate of drug-likeness (QED) is 0.781. The highest BCUT2D eigenvalue weighted by Gasteiger charge is 2.36. The van der Waals surface area contributed by atoms with Crippen molar-refractivity contribution in [2.24, 2.45) is 5.41 Å². The molecule has 0 saturated heterocycles. The second kappa shape index (κ2) is 3.26. The highest BCUT2D eigenvalue weighted by atomic mass is 15.2. The smallest absolute Gasteiger partial charge is 0.166 e. The van der Waals surface area contributed by atoms with E-state index in [2.05, 4.69) is 28.5 Å². The van der Waals surface area contributed by atoms with Gasteiger partial charge in [-0.1, -0.05) is 6.92 Å². The Morgan fingerprint density at radius 1 is 1.64 bits per heavy atom. The Kier molecular flexibility index (Phi) is 2.08. The topological polar surface area (TPSA) is 61.6 Å². The lowest BCUT2D eigenvalue weighted by Crippen LogP contribution is -2.13. The molecule has 72 valence electrons. The van der Waals surface area contributed by atoms with Gasteiger partial charge in [0.15, 0.2) is 5.82 Å². The van der Waals surface area contributed by atoms with Crippen molar-refractivity contribution in [1.29, 1.82) is 5.26 Å². The number of aromatic nitrogens is 2. The zero-order valence-electron chi connectivity index (χ0n) is 8.12. The number of nitrogens with zero attached hydrogens (tertiary/aromatic N) is 3. The van der Waals surface area contributed by atoms with E-state index in [0.29, 0.717) is 16.8 Å². The molecular weight excluding hydrogens is 176 g/mol. The Morgan fingerprint density at radius 3 is 3.07 bits per heavy atom. The summed E-state index contributed by atoms with van der Waals surface area (Å²) in [5.74, 6) is 0.600. The van der Waals surface area contributed by atoms with Crippen molar-refractivity contribution in [1.82, 2.24) is 10.2 Å². The van der Waals surface area contributed by atoms with E-state index in [-0.39, 0.29) is 0 Å². The molecule has 0 aromatic carbocycles. The molecule has 1 fully saturated rings. The predicted octanol–water partition coefficient (Wildman–Crippen LogP) is 1.56. The molecule has 1 heterocycles. The van der Waals surface area contributed by atoms with Crippen LogP contribution in [-0.4, -0.2) is 16.7 Å². The van der Waals surface area contributed by atoms with Crippen LogP contribution in [0.5, 0.6) is 0 Å². The van der Waals surface area contributed by atoms with E-state index in [9.17, 15) is 0 Å². The van der Waals surface area contributed by atoms with E-state index in [1.165, 1.54) is 19.0 Å². The van der Waals surface area contributed by atoms with E-state index in [0.717, 1.165) is 6.54 Å². The Morgan fingerprint density at radius 2 is 2.43 bits per heavy atom. The first-order valence-electron chi connectivity index (χ1n) is 4.69. The number of hydrogen-bond acceptors (Lipinski definition) is 4. The minimum atomic E-state index is 0.407. The van der Waals surface area contributed by atoms with Crippen LogP contribution in [0.25, 0.3) is 0 Å². The third-order valence-electron chi connectivity index (χ3n) is 2.63. The summed E-state index contributed by atoms with van der Waals surface area (Å²) >= 11 is 0. The summed E-state index contributed by atoms with van der Waals surface area (Å²) in [7, 11) is 0. The van der Waals surface area contributed by atoms with Crippen LogP contribution in [0.15, 0.2) is 12.3 Å². The van der Waals surface area contributed by atoms with Crippen molar-refractivity contribution in [2.75, 3.05) is 11.9 Å². The van der Waals surface area contributed by atoms with Crippen molar-refractivity contribution < 1.29 is 0 Å². The summed E-state index contributed by atoms with van der Waals surface area (Å²) in [4.78, 5) is 0. The summed E-state index contributed by atoms with van der Waals surface area (Å²) in [6.07, 6.45) is 4.03. The number of hydrogen-bond donors (Lipinski definition) is 1. The Hall–Kier alpha value is -1.63. The second-order valence-electron chi connectivity index (χ2n) is 4.07. The SMILES string of the molecule is CC1(CNc2nnccc2C#N)CC1. The summed E-state index contributed by atoms with van der Waals surface area (Å²) in [5, 5.41) is 19.6. The van der Waals surface area contributed by atoms with Crippen LogP contribution in [-0.2, 0) is 0 Å². The van der Waals surface area contributed by atoms with Crippen molar-refractivity contribution in [3.63, 3.8) is 0 Å². The minimum absolute atomic E-state index is 0.407. The van der Waals surface area contributed by atoms with Crippen LogP contribution in [0.3, 0.4) is 0 Å². The van der Waals surface area contributed by atoms with Crippen LogP contribution in [0.4, 0.5) is 5.82 Å². The minimum Gasteiger partial charge on any atom is -0.367 e. The van der Waals surface area contributed by atoms with Gasteiger partial charge in [-0.2, -0.15) is 10.4 Å². The third-order valence-corrected chi connectivity index (χ3v) is 2.63. The molecule has 4 heteroatoms. The number of anilines is 1. The zero-order valence-corrected chi connectivity index (χ0v) is 8.12. The summed E-state index contributed by atoms with van der Waals surface area (Å²) < 4.78 is 0. The molecule has 1 aromatic heterocycles. The van der Waals surface area contributed by atoms with Crippen LogP contribution in [0.2, 0.25) is 0 Å².